The fourth-order valence-corrected chi connectivity index (χ4v) is 3.33. The number of urea groups is 1. The number of nitrogens with zero attached hydrogens (tertiary/aromatic N) is 2. The SMILES string of the molecule is CCOCCOCc1cccc(NC(=O)N2CCC[C@H]2c2ccncc2)c1. The third-order valence-corrected chi connectivity index (χ3v) is 4.63. The van der Waals surface area contributed by atoms with Crippen LogP contribution in [0.15, 0.2) is 48.8 Å². The maximum Gasteiger partial charge on any atom is 0.322 e. The molecule has 1 aliphatic heterocycles. The van der Waals surface area contributed by atoms with Crippen LogP contribution in [0.3, 0.4) is 0 Å². The van der Waals surface area contributed by atoms with E-state index in [1.807, 2.05) is 48.2 Å². The lowest BCUT2D eigenvalue weighted by Gasteiger charge is -2.25. The fraction of sp³-hybridized carbons (Fsp3) is 0.429. The number of anilines is 1. The van der Waals surface area contributed by atoms with Gasteiger partial charge >= 0.3 is 6.03 Å². The van der Waals surface area contributed by atoms with E-state index in [9.17, 15) is 4.79 Å². The third-order valence-electron chi connectivity index (χ3n) is 4.63. The van der Waals surface area contributed by atoms with Crippen molar-refractivity contribution in [2.75, 3.05) is 31.7 Å². The van der Waals surface area contributed by atoms with E-state index in [4.69, 9.17) is 9.47 Å². The summed E-state index contributed by atoms with van der Waals surface area (Å²) in [4.78, 5) is 18.8. The Balaban J connectivity index is 1.56. The van der Waals surface area contributed by atoms with Crippen LogP contribution >= 0.6 is 0 Å². The van der Waals surface area contributed by atoms with Gasteiger partial charge in [-0.15, -0.1) is 0 Å². The molecule has 27 heavy (non-hydrogen) atoms. The van der Waals surface area contributed by atoms with Gasteiger partial charge in [0, 0.05) is 31.2 Å². The number of hydrogen-bond donors (Lipinski definition) is 1. The van der Waals surface area contributed by atoms with Crippen LogP contribution in [0.2, 0.25) is 0 Å². The van der Waals surface area contributed by atoms with Gasteiger partial charge in [-0.25, -0.2) is 4.79 Å². The lowest BCUT2D eigenvalue weighted by atomic mass is 10.1. The zero-order valence-electron chi connectivity index (χ0n) is 15.8. The molecule has 2 heterocycles. The second kappa shape index (κ2) is 10.0. The Morgan fingerprint density at radius 1 is 1.22 bits per heavy atom. The van der Waals surface area contributed by atoms with Crippen molar-refractivity contribution in [2.24, 2.45) is 0 Å². The first-order valence-electron chi connectivity index (χ1n) is 9.50. The van der Waals surface area contributed by atoms with E-state index in [1.54, 1.807) is 12.4 Å². The van der Waals surface area contributed by atoms with Crippen LogP contribution in [0.25, 0.3) is 0 Å². The number of hydrogen-bond acceptors (Lipinski definition) is 4. The third kappa shape index (κ3) is 5.52. The van der Waals surface area contributed by atoms with Crippen LogP contribution in [-0.4, -0.2) is 42.3 Å². The van der Waals surface area contributed by atoms with Gasteiger partial charge in [-0.1, -0.05) is 12.1 Å². The number of likely N-dealkylation sites (tertiary alicyclic amines) is 1. The Kier molecular flexibility index (Phi) is 7.19. The van der Waals surface area contributed by atoms with Gasteiger partial charge in [0.25, 0.3) is 0 Å². The smallest absolute Gasteiger partial charge is 0.322 e. The van der Waals surface area contributed by atoms with Crippen molar-refractivity contribution in [3.8, 4) is 0 Å². The van der Waals surface area contributed by atoms with Crippen molar-refractivity contribution in [2.45, 2.75) is 32.4 Å². The van der Waals surface area contributed by atoms with Crippen molar-refractivity contribution < 1.29 is 14.3 Å². The van der Waals surface area contributed by atoms with Crippen LogP contribution in [0.5, 0.6) is 0 Å². The molecule has 1 fully saturated rings. The number of nitrogens with one attached hydrogen (secondary N) is 1. The molecule has 1 aliphatic rings. The first-order chi connectivity index (χ1) is 13.3. The van der Waals surface area contributed by atoms with E-state index in [0.717, 1.165) is 36.2 Å². The highest BCUT2D eigenvalue weighted by Crippen LogP contribution is 2.32. The van der Waals surface area contributed by atoms with Gasteiger partial charge in [-0.3, -0.25) is 4.98 Å². The molecule has 0 saturated carbocycles. The highest BCUT2D eigenvalue weighted by Gasteiger charge is 2.29. The van der Waals surface area contributed by atoms with Crippen LogP contribution in [0.1, 0.15) is 36.9 Å². The highest BCUT2D eigenvalue weighted by molar-refractivity contribution is 5.89. The Hall–Kier alpha value is -2.44. The van der Waals surface area contributed by atoms with E-state index < -0.39 is 0 Å². The van der Waals surface area contributed by atoms with Crippen LogP contribution in [-0.2, 0) is 16.1 Å². The van der Waals surface area contributed by atoms with E-state index >= 15 is 0 Å². The van der Waals surface area contributed by atoms with Gasteiger partial charge in [-0.2, -0.15) is 0 Å². The van der Waals surface area contributed by atoms with Crippen LogP contribution in [0, 0.1) is 0 Å². The minimum Gasteiger partial charge on any atom is -0.379 e. The summed E-state index contributed by atoms with van der Waals surface area (Å²) in [6, 6.07) is 11.8. The summed E-state index contributed by atoms with van der Waals surface area (Å²) in [7, 11) is 0. The average Bonchev–Trinajstić information content (AvgIpc) is 3.19. The molecule has 0 unspecified atom stereocenters. The van der Waals surface area contributed by atoms with E-state index in [-0.39, 0.29) is 12.1 Å². The van der Waals surface area contributed by atoms with Crippen molar-refractivity contribution in [3.63, 3.8) is 0 Å². The second-order valence-corrected chi connectivity index (χ2v) is 6.51. The average molecular weight is 369 g/mol. The first-order valence-corrected chi connectivity index (χ1v) is 9.50. The highest BCUT2D eigenvalue weighted by atomic mass is 16.5. The van der Waals surface area contributed by atoms with E-state index in [1.165, 1.54) is 0 Å². The molecule has 0 spiro atoms. The first kappa shape index (κ1) is 19.3. The summed E-state index contributed by atoms with van der Waals surface area (Å²) in [5.74, 6) is 0. The number of carbonyl (C=O) groups is 1. The summed E-state index contributed by atoms with van der Waals surface area (Å²) < 4.78 is 10.9. The molecule has 2 aromatic rings. The molecule has 2 amide bonds. The summed E-state index contributed by atoms with van der Waals surface area (Å²) in [6.45, 7) is 5.08. The molecule has 0 bridgehead atoms. The monoisotopic (exact) mass is 369 g/mol. The van der Waals surface area contributed by atoms with Gasteiger partial charge in [0.2, 0.25) is 0 Å². The van der Waals surface area contributed by atoms with Crippen molar-refractivity contribution in [1.82, 2.24) is 9.88 Å². The number of ether oxygens (including phenoxy) is 2. The molecule has 144 valence electrons. The summed E-state index contributed by atoms with van der Waals surface area (Å²) in [6.07, 6.45) is 5.54. The molecule has 6 nitrogen and oxygen atoms in total. The largest absolute Gasteiger partial charge is 0.379 e. The predicted octanol–water partition coefficient (Wildman–Crippen LogP) is 4.00. The summed E-state index contributed by atoms with van der Waals surface area (Å²) >= 11 is 0. The summed E-state index contributed by atoms with van der Waals surface area (Å²) in [5.41, 5.74) is 2.94. The number of pyridine rings is 1. The number of benzene rings is 1. The van der Waals surface area contributed by atoms with Gasteiger partial charge in [0.05, 0.1) is 25.9 Å². The maximum absolute atomic E-state index is 12.8. The molecule has 6 heteroatoms. The van der Waals surface area contributed by atoms with E-state index in [0.29, 0.717) is 26.4 Å². The minimum atomic E-state index is -0.0660. The number of aromatic nitrogens is 1. The molecular weight excluding hydrogens is 342 g/mol. The Morgan fingerprint density at radius 2 is 2.04 bits per heavy atom. The molecule has 1 atom stereocenters. The van der Waals surface area contributed by atoms with Crippen molar-refractivity contribution in [3.05, 3.63) is 59.9 Å². The Morgan fingerprint density at radius 3 is 2.85 bits per heavy atom. The quantitative estimate of drug-likeness (QED) is 0.714. The normalized spacial score (nSPS) is 16.5. The number of amides is 2. The van der Waals surface area contributed by atoms with Crippen LogP contribution < -0.4 is 5.32 Å². The van der Waals surface area contributed by atoms with Crippen molar-refractivity contribution >= 4 is 11.7 Å². The minimum absolute atomic E-state index is 0.0660. The molecule has 0 radical (unpaired) electrons. The van der Waals surface area contributed by atoms with Gasteiger partial charge in [0.15, 0.2) is 0 Å². The van der Waals surface area contributed by atoms with Crippen molar-refractivity contribution in [1.29, 1.82) is 0 Å². The lowest BCUT2D eigenvalue weighted by molar-refractivity contribution is 0.0453. The van der Waals surface area contributed by atoms with Gasteiger partial charge < -0.3 is 19.7 Å². The Labute approximate surface area is 160 Å². The van der Waals surface area contributed by atoms with Gasteiger partial charge in [-0.05, 0) is 55.2 Å². The maximum atomic E-state index is 12.8. The zero-order chi connectivity index (χ0) is 18.9. The Bertz CT molecular complexity index is 724. The predicted molar refractivity (Wildman–Crippen MR) is 105 cm³/mol. The second-order valence-electron chi connectivity index (χ2n) is 6.51. The zero-order valence-corrected chi connectivity index (χ0v) is 15.8. The number of rotatable bonds is 8. The molecule has 0 aliphatic carbocycles. The van der Waals surface area contributed by atoms with Crippen LogP contribution in [0.4, 0.5) is 10.5 Å². The van der Waals surface area contributed by atoms with Gasteiger partial charge in [0.1, 0.15) is 0 Å². The standard InChI is InChI=1S/C21H27N3O3/c1-2-26-13-14-27-16-17-5-3-6-19(15-17)23-21(25)24-12-4-7-20(24)18-8-10-22-11-9-18/h3,5-6,8-11,15,20H,2,4,7,12-14,16H2,1H3,(H,23,25)/t20-/m0/s1. The molecule has 1 saturated heterocycles. The molecular formula is C21H27N3O3. The number of carbonyl (C=O) groups excluding carboxylic acids is 1. The fourth-order valence-electron chi connectivity index (χ4n) is 3.33. The lowest BCUT2D eigenvalue weighted by Crippen LogP contribution is -2.34. The summed E-state index contributed by atoms with van der Waals surface area (Å²) in [5, 5.41) is 3.03. The molecule has 3 rings (SSSR count). The van der Waals surface area contributed by atoms with E-state index in [2.05, 4.69) is 10.3 Å². The molecule has 1 aromatic heterocycles. The molecule has 1 N–H and O–H groups in total. The topological polar surface area (TPSA) is 63.7 Å². The molecule has 1 aromatic carbocycles.